The molecule has 5 heteroatoms. The van der Waals surface area contributed by atoms with Crippen LogP contribution in [0.2, 0.25) is 0 Å². The third-order valence-electron chi connectivity index (χ3n) is 4.40. The fourth-order valence-corrected chi connectivity index (χ4v) is 3.07. The Bertz CT molecular complexity index is 418. The summed E-state index contributed by atoms with van der Waals surface area (Å²) in [6.45, 7) is 3.74. The van der Waals surface area contributed by atoms with Gasteiger partial charge in [0.2, 0.25) is 5.95 Å². The highest BCUT2D eigenvalue weighted by atomic mass is 16.3. The van der Waals surface area contributed by atoms with Gasteiger partial charge in [0.05, 0.1) is 6.61 Å². The lowest BCUT2D eigenvalue weighted by molar-refractivity contribution is 0.0689. The molecule has 1 heterocycles. The summed E-state index contributed by atoms with van der Waals surface area (Å²) in [4.78, 5) is 11.0. The molecule has 0 radical (unpaired) electrons. The zero-order valence-electron chi connectivity index (χ0n) is 12.6. The number of hydrogen-bond acceptors (Lipinski definition) is 5. The molecule has 112 valence electrons. The molecule has 0 amide bonds. The molecule has 1 saturated carbocycles. The number of nitrogens with zero attached hydrogens (tertiary/aromatic N) is 3. The maximum absolute atomic E-state index is 9.22. The Morgan fingerprint density at radius 2 is 2.10 bits per heavy atom. The van der Waals surface area contributed by atoms with E-state index >= 15 is 0 Å². The molecular weight excluding hydrogens is 252 g/mol. The number of hydrogen-bond donors (Lipinski definition) is 2. The Morgan fingerprint density at radius 1 is 1.35 bits per heavy atom. The first-order valence-corrected chi connectivity index (χ1v) is 7.52. The Kier molecular flexibility index (Phi) is 5.31. The minimum atomic E-state index is 0.119. The first-order chi connectivity index (χ1) is 9.66. The van der Waals surface area contributed by atoms with E-state index in [1.54, 1.807) is 6.20 Å². The van der Waals surface area contributed by atoms with Crippen molar-refractivity contribution in [3.63, 3.8) is 0 Å². The molecule has 1 aliphatic rings. The summed E-state index contributed by atoms with van der Waals surface area (Å²) >= 11 is 0. The molecule has 2 N–H and O–H groups in total. The van der Waals surface area contributed by atoms with Crippen molar-refractivity contribution in [1.82, 2.24) is 14.9 Å². The lowest BCUT2D eigenvalue weighted by Gasteiger charge is -2.44. The van der Waals surface area contributed by atoms with Gasteiger partial charge in [-0.2, -0.15) is 0 Å². The number of aryl methyl sites for hydroxylation is 1. The van der Waals surface area contributed by atoms with Crippen LogP contribution in [0.25, 0.3) is 0 Å². The molecule has 0 atom stereocenters. The molecule has 0 spiro atoms. The maximum Gasteiger partial charge on any atom is 0.222 e. The summed E-state index contributed by atoms with van der Waals surface area (Å²) in [5.74, 6) is 0.701. The van der Waals surface area contributed by atoms with Crippen LogP contribution < -0.4 is 5.32 Å². The van der Waals surface area contributed by atoms with Gasteiger partial charge in [0, 0.05) is 30.5 Å². The molecule has 5 nitrogen and oxygen atoms in total. The Labute approximate surface area is 121 Å². The number of aliphatic hydroxyl groups is 1. The SMILES string of the molecule is Cc1ccnc(NCC2(N(C)CCO)CCCCC2)n1. The summed E-state index contributed by atoms with van der Waals surface area (Å²) in [6, 6.07) is 1.90. The van der Waals surface area contributed by atoms with Crippen molar-refractivity contribution < 1.29 is 5.11 Å². The predicted octanol–water partition coefficient (Wildman–Crippen LogP) is 1.82. The van der Waals surface area contributed by atoms with E-state index in [9.17, 15) is 5.11 Å². The third kappa shape index (κ3) is 3.67. The van der Waals surface area contributed by atoms with Gasteiger partial charge in [-0.1, -0.05) is 19.3 Å². The van der Waals surface area contributed by atoms with Gasteiger partial charge in [0.15, 0.2) is 0 Å². The molecule has 1 aromatic heterocycles. The second-order valence-electron chi connectivity index (χ2n) is 5.81. The van der Waals surface area contributed by atoms with Gasteiger partial charge in [-0.3, -0.25) is 4.90 Å². The van der Waals surface area contributed by atoms with Crippen molar-refractivity contribution in [3.05, 3.63) is 18.0 Å². The fourth-order valence-electron chi connectivity index (χ4n) is 3.07. The number of aromatic nitrogens is 2. The van der Waals surface area contributed by atoms with Crippen molar-refractivity contribution in [2.75, 3.05) is 32.1 Å². The van der Waals surface area contributed by atoms with E-state index in [1.807, 2.05) is 13.0 Å². The van der Waals surface area contributed by atoms with E-state index in [-0.39, 0.29) is 12.1 Å². The van der Waals surface area contributed by atoms with E-state index in [0.29, 0.717) is 5.95 Å². The van der Waals surface area contributed by atoms with Crippen LogP contribution in [0.15, 0.2) is 12.3 Å². The molecule has 0 saturated heterocycles. The number of anilines is 1. The maximum atomic E-state index is 9.22. The Morgan fingerprint density at radius 3 is 2.75 bits per heavy atom. The van der Waals surface area contributed by atoms with Crippen molar-refractivity contribution >= 4 is 5.95 Å². The lowest BCUT2D eigenvalue weighted by atomic mass is 9.80. The molecule has 1 fully saturated rings. The van der Waals surface area contributed by atoms with Crippen molar-refractivity contribution in [2.45, 2.75) is 44.6 Å². The van der Waals surface area contributed by atoms with Crippen LogP contribution in [-0.4, -0.2) is 52.3 Å². The van der Waals surface area contributed by atoms with Crippen molar-refractivity contribution in [2.24, 2.45) is 0 Å². The Hall–Kier alpha value is -1.20. The first-order valence-electron chi connectivity index (χ1n) is 7.52. The topological polar surface area (TPSA) is 61.3 Å². The number of β-amino-alcohol motifs (C(OH)–C–C–N with tert-alkyl or cyclic N) is 1. The minimum absolute atomic E-state index is 0.119. The summed E-state index contributed by atoms with van der Waals surface area (Å²) in [5, 5.41) is 12.6. The van der Waals surface area contributed by atoms with Gasteiger partial charge >= 0.3 is 0 Å². The molecule has 1 aliphatic carbocycles. The smallest absolute Gasteiger partial charge is 0.222 e. The highest BCUT2D eigenvalue weighted by Crippen LogP contribution is 2.32. The number of likely N-dealkylation sites (N-methyl/N-ethyl adjacent to an activating group) is 1. The van der Waals surface area contributed by atoms with Crippen LogP contribution in [0.5, 0.6) is 0 Å². The quantitative estimate of drug-likeness (QED) is 0.831. The van der Waals surface area contributed by atoms with E-state index in [4.69, 9.17) is 0 Å². The van der Waals surface area contributed by atoms with Gasteiger partial charge < -0.3 is 10.4 Å². The minimum Gasteiger partial charge on any atom is -0.395 e. The van der Waals surface area contributed by atoms with Crippen molar-refractivity contribution in [1.29, 1.82) is 0 Å². The fraction of sp³-hybridized carbons (Fsp3) is 0.733. The van der Waals surface area contributed by atoms with E-state index < -0.39 is 0 Å². The van der Waals surface area contributed by atoms with Gasteiger partial charge in [0.25, 0.3) is 0 Å². The van der Waals surface area contributed by atoms with E-state index in [0.717, 1.165) is 18.8 Å². The largest absolute Gasteiger partial charge is 0.395 e. The summed E-state index contributed by atoms with van der Waals surface area (Å²) < 4.78 is 0. The van der Waals surface area contributed by atoms with Crippen LogP contribution in [0.4, 0.5) is 5.95 Å². The van der Waals surface area contributed by atoms with Crippen LogP contribution in [0, 0.1) is 6.92 Å². The highest BCUT2D eigenvalue weighted by molar-refractivity contribution is 5.26. The molecule has 2 rings (SSSR count). The van der Waals surface area contributed by atoms with Gasteiger partial charge in [-0.25, -0.2) is 9.97 Å². The number of rotatable bonds is 6. The first kappa shape index (κ1) is 15.2. The zero-order valence-corrected chi connectivity index (χ0v) is 12.6. The number of aliphatic hydroxyl groups excluding tert-OH is 1. The molecule has 1 aromatic rings. The molecule has 0 bridgehead atoms. The molecule has 0 aliphatic heterocycles. The van der Waals surface area contributed by atoms with Gasteiger partial charge in [-0.15, -0.1) is 0 Å². The van der Waals surface area contributed by atoms with Crippen LogP contribution in [0.3, 0.4) is 0 Å². The summed E-state index contributed by atoms with van der Waals surface area (Å²) in [6.07, 6.45) is 7.95. The molecular formula is C15H26N4O. The van der Waals surface area contributed by atoms with Crippen LogP contribution >= 0.6 is 0 Å². The standard InChI is InChI=1S/C15H26N4O/c1-13-6-9-16-14(18-13)17-12-15(19(2)10-11-20)7-4-3-5-8-15/h6,9,20H,3-5,7-8,10-12H2,1-2H3,(H,16,17,18). The average molecular weight is 278 g/mol. The highest BCUT2D eigenvalue weighted by Gasteiger charge is 2.35. The average Bonchev–Trinajstić information content (AvgIpc) is 2.46. The number of nitrogens with one attached hydrogen (secondary N) is 1. The zero-order chi connectivity index (χ0) is 14.4. The molecule has 0 aromatic carbocycles. The molecule has 0 unspecified atom stereocenters. The summed E-state index contributed by atoms with van der Waals surface area (Å²) in [7, 11) is 2.11. The normalized spacial score (nSPS) is 18.2. The van der Waals surface area contributed by atoms with E-state index in [1.165, 1.54) is 32.1 Å². The van der Waals surface area contributed by atoms with Crippen LogP contribution in [0.1, 0.15) is 37.8 Å². The van der Waals surface area contributed by atoms with Gasteiger partial charge in [0.1, 0.15) is 0 Å². The second-order valence-corrected chi connectivity index (χ2v) is 5.81. The summed E-state index contributed by atoms with van der Waals surface area (Å²) in [5.41, 5.74) is 1.09. The lowest BCUT2D eigenvalue weighted by Crippen LogP contribution is -2.53. The van der Waals surface area contributed by atoms with E-state index in [2.05, 4.69) is 27.2 Å². The molecule has 20 heavy (non-hydrogen) atoms. The Balaban J connectivity index is 2.04. The third-order valence-corrected chi connectivity index (χ3v) is 4.40. The monoisotopic (exact) mass is 278 g/mol. The van der Waals surface area contributed by atoms with Crippen molar-refractivity contribution in [3.8, 4) is 0 Å². The predicted molar refractivity (Wildman–Crippen MR) is 80.8 cm³/mol. The van der Waals surface area contributed by atoms with Gasteiger partial charge in [-0.05, 0) is 32.9 Å². The second kappa shape index (κ2) is 6.99. The van der Waals surface area contributed by atoms with Crippen LogP contribution in [-0.2, 0) is 0 Å².